The highest BCUT2D eigenvalue weighted by Gasteiger charge is 1.96. The fraction of sp³-hybridized carbons (Fsp3) is 0.800. The number of hydrogen-bond acceptors (Lipinski definition) is 2. The molecule has 0 aliphatic rings. The van der Waals surface area contributed by atoms with Gasteiger partial charge in [0.1, 0.15) is 0 Å². The molecular weight excluding hydrogens is 125 g/mol. The van der Waals surface area contributed by atoms with E-state index in [-0.39, 0.29) is 13.0 Å². The second-order valence-electron chi connectivity index (χ2n) is 1.46. The summed E-state index contributed by atoms with van der Waals surface area (Å²) in [5, 5.41) is 0. The molecule has 1 N–H and O–H groups in total. The molecule has 0 unspecified atom stereocenters. The molecule has 0 spiro atoms. The van der Waals surface area contributed by atoms with Crippen molar-refractivity contribution in [3.8, 4) is 0 Å². The lowest BCUT2D eigenvalue weighted by Gasteiger charge is -1.96. The Bertz CT molecular complexity index is 87.0. The first-order chi connectivity index (χ1) is 4.31. The first-order valence-corrected chi connectivity index (χ1v) is 2.78. The number of hydrogen-bond donors (Lipinski definition) is 1. The van der Waals surface area contributed by atoms with Gasteiger partial charge in [0.25, 0.3) is 0 Å². The summed E-state index contributed by atoms with van der Waals surface area (Å²) in [4.78, 5) is 10.1. The molecule has 0 rings (SSSR count). The Kier molecular flexibility index (Phi) is 5.11. The highest BCUT2D eigenvalue weighted by atomic mass is 19.2. The van der Waals surface area contributed by atoms with Crippen LogP contribution in [0.4, 0.5) is 4.48 Å². The highest BCUT2D eigenvalue weighted by molar-refractivity contribution is 5.74. The van der Waals surface area contributed by atoms with Crippen molar-refractivity contribution in [2.45, 2.75) is 13.3 Å². The molecule has 0 saturated carbocycles. The third-order valence-corrected chi connectivity index (χ3v) is 0.783. The van der Waals surface area contributed by atoms with E-state index in [0.717, 1.165) is 5.54 Å². The van der Waals surface area contributed by atoms with Crippen molar-refractivity contribution in [3.63, 3.8) is 0 Å². The number of rotatable bonds is 4. The molecule has 1 amide bonds. The van der Waals surface area contributed by atoms with Crippen molar-refractivity contribution in [2.24, 2.45) is 0 Å². The van der Waals surface area contributed by atoms with Crippen molar-refractivity contribution in [3.05, 3.63) is 0 Å². The van der Waals surface area contributed by atoms with E-state index in [9.17, 15) is 9.28 Å². The van der Waals surface area contributed by atoms with Gasteiger partial charge in [-0.15, -0.1) is 4.48 Å². The molecule has 0 heterocycles. The quantitative estimate of drug-likeness (QED) is 0.448. The minimum absolute atomic E-state index is 0.0876. The van der Waals surface area contributed by atoms with Gasteiger partial charge in [-0.25, -0.2) is 0 Å². The molecule has 0 radical (unpaired) electrons. The zero-order valence-corrected chi connectivity index (χ0v) is 5.32. The van der Waals surface area contributed by atoms with Crippen molar-refractivity contribution in [1.82, 2.24) is 5.54 Å². The lowest BCUT2D eigenvalue weighted by Crippen LogP contribution is -2.15. The predicted molar refractivity (Wildman–Crippen MR) is 30.4 cm³/mol. The van der Waals surface area contributed by atoms with E-state index in [0.29, 0.717) is 6.61 Å². The van der Waals surface area contributed by atoms with Gasteiger partial charge in [0.15, 0.2) is 0 Å². The summed E-state index contributed by atoms with van der Waals surface area (Å²) in [6.07, 6.45) is 0.0876. The molecule has 0 aromatic carbocycles. The van der Waals surface area contributed by atoms with Crippen LogP contribution in [0.15, 0.2) is 0 Å². The third kappa shape index (κ3) is 5.23. The summed E-state index contributed by atoms with van der Waals surface area (Å²) in [5.74, 6) is -0.636. The van der Waals surface area contributed by atoms with Gasteiger partial charge in [0.05, 0.1) is 13.0 Å². The minimum Gasteiger partial charge on any atom is -0.381 e. The van der Waals surface area contributed by atoms with Crippen molar-refractivity contribution in [1.29, 1.82) is 0 Å². The maximum absolute atomic E-state index is 11.2. The van der Waals surface area contributed by atoms with Crippen LogP contribution in [0.3, 0.4) is 0 Å². The number of halogens is 1. The van der Waals surface area contributed by atoms with Crippen molar-refractivity contribution in [2.75, 3.05) is 13.2 Å². The smallest absolute Gasteiger partial charge is 0.249 e. The van der Waals surface area contributed by atoms with Crippen LogP contribution in [0.25, 0.3) is 0 Å². The number of ether oxygens (including phenoxy) is 1. The Morgan fingerprint density at radius 2 is 2.44 bits per heavy atom. The van der Waals surface area contributed by atoms with Crippen LogP contribution in [-0.2, 0) is 9.53 Å². The van der Waals surface area contributed by atoms with E-state index in [1.807, 2.05) is 6.92 Å². The third-order valence-electron chi connectivity index (χ3n) is 0.783. The zero-order valence-electron chi connectivity index (χ0n) is 5.32. The normalized spacial score (nSPS) is 9.11. The lowest BCUT2D eigenvalue weighted by molar-refractivity contribution is -0.126. The van der Waals surface area contributed by atoms with Crippen LogP contribution >= 0.6 is 0 Å². The first-order valence-electron chi connectivity index (χ1n) is 2.78. The molecule has 4 heteroatoms. The van der Waals surface area contributed by atoms with Gasteiger partial charge in [-0.1, -0.05) is 0 Å². The van der Waals surface area contributed by atoms with E-state index in [1.165, 1.54) is 0 Å². The summed E-state index contributed by atoms with van der Waals surface area (Å²) in [7, 11) is 0. The molecule has 0 aliphatic heterocycles. The fourth-order valence-electron chi connectivity index (χ4n) is 0.356. The molecular formula is C5H10FNO2. The van der Waals surface area contributed by atoms with Crippen LogP contribution in [0.5, 0.6) is 0 Å². The SMILES string of the molecule is CCOCCC(=O)NF. The topological polar surface area (TPSA) is 38.3 Å². The highest BCUT2D eigenvalue weighted by Crippen LogP contribution is 1.81. The second-order valence-corrected chi connectivity index (χ2v) is 1.46. The fourth-order valence-corrected chi connectivity index (χ4v) is 0.356. The van der Waals surface area contributed by atoms with Crippen LogP contribution in [-0.4, -0.2) is 19.1 Å². The summed E-state index contributed by atoms with van der Waals surface area (Å²) < 4.78 is 15.9. The van der Waals surface area contributed by atoms with Crippen LogP contribution in [0.2, 0.25) is 0 Å². The zero-order chi connectivity index (χ0) is 7.11. The Balaban J connectivity index is 2.97. The Hall–Kier alpha value is -0.640. The van der Waals surface area contributed by atoms with Crippen molar-refractivity contribution >= 4 is 5.91 Å². The molecule has 0 aromatic rings. The van der Waals surface area contributed by atoms with Gasteiger partial charge < -0.3 is 4.74 Å². The molecule has 0 saturated heterocycles. The molecule has 3 nitrogen and oxygen atoms in total. The monoisotopic (exact) mass is 135 g/mol. The molecule has 0 bridgehead atoms. The largest absolute Gasteiger partial charge is 0.381 e. The lowest BCUT2D eigenvalue weighted by atomic mass is 10.4. The average molecular weight is 135 g/mol. The number of carbonyl (C=O) groups is 1. The van der Waals surface area contributed by atoms with E-state index < -0.39 is 5.91 Å². The summed E-state index contributed by atoms with van der Waals surface area (Å²) in [6, 6.07) is 0. The molecule has 0 fully saturated rings. The van der Waals surface area contributed by atoms with Crippen LogP contribution in [0, 0.1) is 0 Å². The van der Waals surface area contributed by atoms with Gasteiger partial charge in [-0.05, 0) is 6.92 Å². The molecule has 54 valence electrons. The number of amides is 1. The predicted octanol–water partition coefficient (Wildman–Crippen LogP) is 0.414. The van der Waals surface area contributed by atoms with Gasteiger partial charge in [-0.2, -0.15) is 5.54 Å². The summed E-state index contributed by atoms with van der Waals surface area (Å²) in [6.45, 7) is 2.65. The van der Waals surface area contributed by atoms with Crippen LogP contribution in [0.1, 0.15) is 13.3 Å². The molecule has 0 aromatic heterocycles. The van der Waals surface area contributed by atoms with E-state index in [2.05, 4.69) is 0 Å². The number of nitrogens with one attached hydrogen (secondary N) is 1. The van der Waals surface area contributed by atoms with Gasteiger partial charge in [0, 0.05) is 6.61 Å². The second kappa shape index (κ2) is 5.50. The standard InChI is InChI=1S/C5H10FNO2/c1-2-9-4-3-5(8)7-6/h2-4H2,1H3,(H,7,8). The first kappa shape index (κ1) is 8.36. The van der Waals surface area contributed by atoms with E-state index in [1.54, 1.807) is 0 Å². The maximum Gasteiger partial charge on any atom is 0.249 e. The molecule has 9 heavy (non-hydrogen) atoms. The van der Waals surface area contributed by atoms with Gasteiger partial charge in [0.2, 0.25) is 5.91 Å². The number of carbonyl (C=O) groups excluding carboxylic acids is 1. The van der Waals surface area contributed by atoms with E-state index >= 15 is 0 Å². The maximum atomic E-state index is 11.2. The van der Waals surface area contributed by atoms with Gasteiger partial charge in [-0.3, -0.25) is 4.79 Å². The van der Waals surface area contributed by atoms with Crippen LogP contribution < -0.4 is 5.54 Å². The Morgan fingerprint density at radius 1 is 1.78 bits per heavy atom. The molecule has 0 atom stereocenters. The summed E-state index contributed by atoms with van der Waals surface area (Å²) in [5.41, 5.74) is 1.00. The minimum atomic E-state index is -0.636. The Morgan fingerprint density at radius 3 is 2.89 bits per heavy atom. The average Bonchev–Trinajstić information content (AvgIpc) is 1.89. The van der Waals surface area contributed by atoms with Gasteiger partial charge >= 0.3 is 0 Å². The summed E-state index contributed by atoms with van der Waals surface area (Å²) >= 11 is 0. The Labute approximate surface area is 53.1 Å². The molecule has 0 aliphatic carbocycles. The van der Waals surface area contributed by atoms with E-state index in [4.69, 9.17) is 4.74 Å². The van der Waals surface area contributed by atoms with Crippen molar-refractivity contribution < 1.29 is 14.0 Å².